The molecule has 1 aromatic heterocycles. The minimum Gasteiger partial charge on any atom is -0.493 e. The first-order valence-electron chi connectivity index (χ1n) is 12.5. The van der Waals surface area contributed by atoms with Crippen LogP contribution in [0.15, 0.2) is 22.7 Å². The van der Waals surface area contributed by atoms with Crippen LogP contribution in [0.1, 0.15) is 68.9 Å². The van der Waals surface area contributed by atoms with Gasteiger partial charge in [-0.15, -0.1) is 0 Å². The van der Waals surface area contributed by atoms with Crippen LogP contribution >= 0.6 is 0 Å². The molecule has 0 spiro atoms. The summed E-state index contributed by atoms with van der Waals surface area (Å²) in [6.07, 6.45) is -4.10. The fourth-order valence-corrected chi connectivity index (χ4v) is 5.00. The molecule has 1 aromatic carbocycles. The predicted octanol–water partition coefficient (Wildman–Crippen LogP) is 5.16. The Balaban J connectivity index is 1.47. The zero-order chi connectivity index (χ0) is 27.5. The van der Waals surface area contributed by atoms with Gasteiger partial charge in [0, 0.05) is 12.1 Å². The van der Waals surface area contributed by atoms with Gasteiger partial charge >= 0.3 is 18.3 Å². The van der Waals surface area contributed by atoms with Crippen LogP contribution in [0.5, 0.6) is 5.75 Å². The summed E-state index contributed by atoms with van der Waals surface area (Å²) in [6, 6.07) is 2.78. The molecule has 2 heterocycles. The number of alkyl halides is 6. The molecule has 38 heavy (non-hydrogen) atoms. The molecule has 1 amide bonds. The second-order valence-corrected chi connectivity index (χ2v) is 9.62. The number of rotatable bonds is 8. The maximum absolute atomic E-state index is 13.8. The third-order valence-corrected chi connectivity index (χ3v) is 6.97. The van der Waals surface area contributed by atoms with Crippen molar-refractivity contribution in [3.63, 3.8) is 0 Å². The van der Waals surface area contributed by atoms with Gasteiger partial charge in [-0.2, -0.15) is 31.3 Å². The Morgan fingerprint density at radius 3 is 2.55 bits per heavy atom. The molecule has 8 nitrogen and oxygen atoms in total. The van der Waals surface area contributed by atoms with Crippen LogP contribution in [-0.2, 0) is 11.0 Å². The molecule has 1 aliphatic heterocycles. The number of nitrogens with zero attached hydrogens (tertiary/aromatic N) is 3. The third kappa shape index (κ3) is 6.76. The van der Waals surface area contributed by atoms with E-state index in [1.165, 1.54) is 23.5 Å². The van der Waals surface area contributed by atoms with Crippen LogP contribution in [0, 0.1) is 5.92 Å². The van der Waals surface area contributed by atoms with E-state index in [1.54, 1.807) is 5.32 Å². The number of carbonyl (C=O) groups excluding carboxylic acids is 1. The molecule has 4 rings (SSSR count). The number of hydrogen-bond donors (Lipinski definition) is 2. The van der Waals surface area contributed by atoms with Crippen LogP contribution < -0.4 is 15.8 Å². The monoisotopic (exact) mass is 549 g/mol. The number of benzene rings is 1. The zero-order valence-electron chi connectivity index (χ0n) is 20.4. The Hall–Kier alpha value is -2.87. The van der Waals surface area contributed by atoms with Gasteiger partial charge in [-0.25, -0.2) is 0 Å². The highest BCUT2D eigenvalue weighted by Gasteiger charge is 2.42. The number of hydrogen-bond acceptors (Lipinski definition) is 7. The molecule has 2 atom stereocenters. The molecule has 2 aliphatic rings. The molecule has 14 heteroatoms. The molecular weight excluding hydrogens is 520 g/mol. The summed E-state index contributed by atoms with van der Waals surface area (Å²) in [4.78, 5) is 16.8. The van der Waals surface area contributed by atoms with E-state index >= 15 is 0 Å². The Bertz CT molecular complexity index is 1100. The number of nitrogens with two attached hydrogens (primary N) is 1. The third-order valence-electron chi connectivity index (χ3n) is 6.97. The number of halogens is 6. The number of amides is 1. The zero-order valence-corrected chi connectivity index (χ0v) is 20.4. The molecule has 1 saturated heterocycles. The molecule has 3 N–H and O–H groups in total. The molecule has 1 aliphatic carbocycles. The normalized spacial score (nSPS) is 20.4. The van der Waals surface area contributed by atoms with Gasteiger partial charge in [-0.1, -0.05) is 37.3 Å². The highest BCUT2D eigenvalue weighted by molar-refractivity contribution is 5.81. The van der Waals surface area contributed by atoms with Crippen LogP contribution in [0.4, 0.5) is 26.3 Å². The number of likely N-dealkylation sites (tertiary alicyclic amines) is 1. The van der Waals surface area contributed by atoms with Gasteiger partial charge in [0.25, 0.3) is 0 Å². The molecule has 0 bridgehead atoms. The summed E-state index contributed by atoms with van der Waals surface area (Å²) < 4.78 is 90.0. The van der Waals surface area contributed by atoms with Crippen LogP contribution in [0.25, 0.3) is 11.4 Å². The van der Waals surface area contributed by atoms with Gasteiger partial charge in [-0.3, -0.25) is 15.4 Å². The fraction of sp³-hybridized carbons (Fsp3) is 0.625. The second kappa shape index (κ2) is 11.5. The maximum atomic E-state index is 13.8. The Kier molecular flexibility index (Phi) is 8.50. The Labute approximate surface area is 214 Å². The van der Waals surface area contributed by atoms with Gasteiger partial charge in [0.2, 0.25) is 11.7 Å². The lowest BCUT2D eigenvalue weighted by molar-refractivity contribution is -0.175. The minimum absolute atomic E-state index is 0.0319. The first kappa shape index (κ1) is 28.1. The lowest BCUT2D eigenvalue weighted by Crippen LogP contribution is -2.56. The second-order valence-electron chi connectivity index (χ2n) is 9.62. The van der Waals surface area contributed by atoms with Crippen molar-refractivity contribution >= 4 is 5.91 Å². The van der Waals surface area contributed by atoms with Gasteiger partial charge < -0.3 is 14.6 Å². The largest absolute Gasteiger partial charge is 0.493 e. The molecule has 1 saturated carbocycles. The average molecular weight is 550 g/mol. The van der Waals surface area contributed by atoms with Crippen molar-refractivity contribution in [2.45, 2.75) is 76.1 Å². The summed E-state index contributed by atoms with van der Waals surface area (Å²) in [7, 11) is 0. The molecule has 210 valence electrons. The van der Waals surface area contributed by atoms with Crippen LogP contribution in [0.3, 0.4) is 0 Å². The van der Waals surface area contributed by atoms with Crippen LogP contribution in [0.2, 0.25) is 0 Å². The fourth-order valence-electron chi connectivity index (χ4n) is 5.00. The van der Waals surface area contributed by atoms with Crippen LogP contribution in [-0.4, -0.2) is 46.6 Å². The lowest BCUT2D eigenvalue weighted by Gasteiger charge is -2.28. The molecule has 0 radical (unpaired) electrons. The molecule has 2 unspecified atom stereocenters. The predicted molar refractivity (Wildman–Crippen MR) is 122 cm³/mol. The topological polar surface area (TPSA) is 107 Å². The quantitative estimate of drug-likeness (QED) is 0.346. The SMILES string of the molecule is NC(NC(=O)C(F)(F)F)N1CCCC1c1nc(-c2ccc(OCCC3CCCCC3)c(C(F)(F)F)c2)no1. The minimum atomic E-state index is -5.10. The smallest absolute Gasteiger partial charge is 0.471 e. The summed E-state index contributed by atoms with van der Waals surface area (Å²) in [6.45, 7) is 0.425. The highest BCUT2D eigenvalue weighted by Crippen LogP contribution is 2.39. The van der Waals surface area contributed by atoms with Crippen molar-refractivity contribution < 1.29 is 40.4 Å². The van der Waals surface area contributed by atoms with E-state index in [0.717, 1.165) is 31.7 Å². The Morgan fingerprint density at radius 1 is 1.13 bits per heavy atom. The van der Waals surface area contributed by atoms with E-state index in [-0.39, 0.29) is 36.2 Å². The lowest BCUT2D eigenvalue weighted by atomic mass is 9.87. The number of carbonyl (C=O) groups is 1. The molecule has 2 fully saturated rings. The van der Waals surface area contributed by atoms with Crippen molar-refractivity contribution in [3.05, 3.63) is 29.7 Å². The number of ether oxygens (including phenoxy) is 1. The maximum Gasteiger partial charge on any atom is 0.471 e. The van der Waals surface area contributed by atoms with Gasteiger partial charge in [0.15, 0.2) is 0 Å². The van der Waals surface area contributed by atoms with Gasteiger partial charge in [-0.05, 0) is 43.4 Å². The first-order chi connectivity index (χ1) is 17.9. The van der Waals surface area contributed by atoms with Crippen molar-refractivity contribution in [1.82, 2.24) is 20.4 Å². The average Bonchev–Trinajstić information content (AvgIpc) is 3.53. The van der Waals surface area contributed by atoms with Crippen molar-refractivity contribution in [3.8, 4) is 17.1 Å². The standard InChI is InChI=1S/C24H29F6N5O3/c25-23(26,27)16-13-15(8-9-18(16)37-12-10-14-5-2-1-3-6-14)19-32-20(38-34-19)17-7-4-11-35(17)22(31)33-21(36)24(28,29)30/h8-9,13-14,17,22H,1-7,10-12,31H2,(H,33,36). The molecular formula is C24H29F6N5O3. The van der Waals surface area contributed by atoms with Gasteiger partial charge in [0.05, 0.1) is 18.2 Å². The van der Waals surface area contributed by atoms with Crippen molar-refractivity contribution in [2.75, 3.05) is 13.2 Å². The van der Waals surface area contributed by atoms with E-state index in [2.05, 4.69) is 10.1 Å². The summed E-state index contributed by atoms with van der Waals surface area (Å²) >= 11 is 0. The summed E-state index contributed by atoms with van der Waals surface area (Å²) in [5.41, 5.74) is 4.82. The first-order valence-corrected chi connectivity index (χ1v) is 12.5. The summed E-state index contributed by atoms with van der Waals surface area (Å²) in [5.74, 6) is -2.17. The van der Waals surface area contributed by atoms with Crippen molar-refractivity contribution in [2.24, 2.45) is 11.7 Å². The Morgan fingerprint density at radius 2 is 1.87 bits per heavy atom. The van der Waals surface area contributed by atoms with E-state index in [9.17, 15) is 31.1 Å². The van der Waals surface area contributed by atoms with Crippen molar-refractivity contribution in [1.29, 1.82) is 0 Å². The van der Waals surface area contributed by atoms with Gasteiger partial charge in [0.1, 0.15) is 12.0 Å². The number of aromatic nitrogens is 2. The highest BCUT2D eigenvalue weighted by atomic mass is 19.4. The number of nitrogens with one attached hydrogen (secondary N) is 1. The summed E-state index contributed by atoms with van der Waals surface area (Å²) in [5, 5.41) is 5.45. The van der Waals surface area contributed by atoms with E-state index in [1.807, 2.05) is 0 Å². The molecule has 2 aromatic rings. The van der Waals surface area contributed by atoms with E-state index in [0.29, 0.717) is 25.2 Å². The van der Waals surface area contributed by atoms with E-state index < -0.39 is 36.2 Å². The van der Waals surface area contributed by atoms with E-state index in [4.69, 9.17) is 15.0 Å².